The molecule has 0 aliphatic rings. The summed E-state index contributed by atoms with van der Waals surface area (Å²) in [6.45, 7) is 7.00. The van der Waals surface area contributed by atoms with Crippen LogP contribution in [0.3, 0.4) is 0 Å². The minimum atomic E-state index is -1.31. The van der Waals surface area contributed by atoms with Crippen molar-refractivity contribution in [1.29, 1.82) is 5.26 Å². The molecule has 0 spiro atoms. The maximum atomic E-state index is 14.7. The molecule has 4 aromatic carbocycles. The molecule has 0 atom stereocenters. The van der Waals surface area contributed by atoms with E-state index in [0.717, 1.165) is 24.3 Å². The Morgan fingerprint density at radius 3 is 1.23 bits per heavy atom. The van der Waals surface area contributed by atoms with E-state index in [1.54, 1.807) is 0 Å². The highest BCUT2D eigenvalue weighted by atomic mass is 19.2. The number of nitriles is 1. The van der Waals surface area contributed by atoms with Crippen molar-refractivity contribution in [3.8, 4) is 28.3 Å². The summed E-state index contributed by atoms with van der Waals surface area (Å²) in [6.07, 6.45) is -0.377. The molecule has 0 unspecified atom stereocenters. The lowest BCUT2D eigenvalue weighted by molar-refractivity contribution is 0.572. The molecule has 12 heteroatoms. The highest BCUT2D eigenvalue weighted by molar-refractivity contribution is 5.69. The zero-order chi connectivity index (χ0) is 29.7. The predicted octanol–water partition coefficient (Wildman–Crippen LogP) is 7.01. The second-order valence-electron chi connectivity index (χ2n) is 8.11. The molecule has 4 nitrogen and oxygen atoms in total. The van der Waals surface area contributed by atoms with E-state index < -0.39 is 80.0 Å². The summed E-state index contributed by atoms with van der Waals surface area (Å²) in [5, 5.41) is 8.74. The van der Waals surface area contributed by atoms with Crippen LogP contribution in [-0.2, 0) is 6.42 Å². The maximum Gasteiger partial charge on any atom is 0.256 e. The highest BCUT2D eigenvalue weighted by Gasteiger charge is 2.21. The number of hydrogen-bond acceptors (Lipinski definition) is 3. The molecule has 4 N–H and O–H groups in total. The Kier molecular flexibility index (Phi) is 9.22. The van der Waals surface area contributed by atoms with Crippen LogP contribution in [0.15, 0.2) is 48.5 Å². The van der Waals surface area contributed by atoms with Gasteiger partial charge in [-0.05, 0) is 77.2 Å². The standard InChI is InChI=1S/C27H10F8N2.CH6N2/c1-37-27-23(34)9-15(10-24(27)35)26-21(32)5-13(6-22(26)33)2-12-3-19(30)25(20(31)4-12)14-7-17(28)16(11-36)18(29)8-14;2-1-3/h3-10H,2H2;1-3H2. The summed E-state index contributed by atoms with van der Waals surface area (Å²) < 4.78 is 115. The Morgan fingerprint density at radius 2 is 0.925 bits per heavy atom. The third-order valence-electron chi connectivity index (χ3n) is 5.47. The van der Waals surface area contributed by atoms with Crippen molar-refractivity contribution >= 4 is 5.69 Å². The van der Waals surface area contributed by atoms with Gasteiger partial charge in [-0.25, -0.2) is 40.0 Å². The van der Waals surface area contributed by atoms with Crippen LogP contribution in [0.4, 0.5) is 40.8 Å². The second-order valence-corrected chi connectivity index (χ2v) is 8.11. The summed E-state index contributed by atoms with van der Waals surface area (Å²) in [5.41, 5.74) is 4.70. The second kappa shape index (κ2) is 12.4. The molecule has 4 aromatic rings. The van der Waals surface area contributed by atoms with Crippen LogP contribution >= 0.6 is 0 Å². The van der Waals surface area contributed by atoms with Crippen LogP contribution in [0.1, 0.15) is 16.7 Å². The fourth-order valence-corrected chi connectivity index (χ4v) is 3.88. The van der Waals surface area contributed by atoms with Crippen molar-refractivity contribution in [3.63, 3.8) is 0 Å². The van der Waals surface area contributed by atoms with E-state index in [9.17, 15) is 35.1 Å². The van der Waals surface area contributed by atoms with E-state index in [1.165, 1.54) is 6.07 Å². The molecule has 4 rings (SSSR count). The fourth-order valence-electron chi connectivity index (χ4n) is 3.88. The Morgan fingerprint density at radius 1 is 0.600 bits per heavy atom. The average Bonchev–Trinajstić information content (AvgIpc) is 2.83. The highest BCUT2D eigenvalue weighted by Crippen LogP contribution is 2.34. The van der Waals surface area contributed by atoms with Crippen molar-refractivity contribution in [2.45, 2.75) is 6.42 Å². The van der Waals surface area contributed by atoms with Crippen LogP contribution < -0.4 is 11.5 Å². The summed E-state index contributed by atoms with van der Waals surface area (Å²) in [6, 6.07) is 6.95. The van der Waals surface area contributed by atoms with Crippen molar-refractivity contribution in [3.05, 3.63) is 123 Å². The van der Waals surface area contributed by atoms with Gasteiger partial charge in [-0.3, -0.25) is 0 Å². The van der Waals surface area contributed by atoms with Gasteiger partial charge in [-0.2, -0.15) is 5.26 Å². The molecule has 0 aliphatic heterocycles. The van der Waals surface area contributed by atoms with Crippen LogP contribution in [0.25, 0.3) is 27.1 Å². The van der Waals surface area contributed by atoms with Gasteiger partial charge < -0.3 is 11.5 Å². The van der Waals surface area contributed by atoms with Gasteiger partial charge in [0.25, 0.3) is 5.69 Å². The van der Waals surface area contributed by atoms with Crippen molar-refractivity contribution in [2.24, 2.45) is 11.5 Å². The molecule has 0 heterocycles. The van der Waals surface area contributed by atoms with Gasteiger partial charge in [-0.1, -0.05) is 0 Å². The van der Waals surface area contributed by atoms with Gasteiger partial charge in [-0.15, -0.1) is 0 Å². The fraction of sp³-hybridized carbons (Fsp3) is 0.0714. The van der Waals surface area contributed by atoms with Crippen LogP contribution in [0.5, 0.6) is 0 Å². The number of hydrogen-bond donors (Lipinski definition) is 2. The predicted molar refractivity (Wildman–Crippen MR) is 130 cm³/mol. The minimum absolute atomic E-state index is 0.0838. The largest absolute Gasteiger partial charge is 0.319 e. The summed E-state index contributed by atoms with van der Waals surface area (Å²) in [7, 11) is 0. The molecule has 0 aliphatic carbocycles. The number of rotatable bonds is 4. The summed E-state index contributed by atoms with van der Waals surface area (Å²) in [4.78, 5) is 2.67. The first kappa shape index (κ1) is 29.8. The first-order chi connectivity index (χ1) is 18.9. The van der Waals surface area contributed by atoms with E-state index in [2.05, 4.69) is 16.3 Å². The zero-order valence-corrected chi connectivity index (χ0v) is 20.1. The number of halogens is 8. The SMILES string of the molecule is NCN.[C-]#[N+]c1c(F)cc(-c2c(F)cc(Cc3cc(F)c(-c4cc(F)c(C#N)c(F)c4)c(F)c3)cc2F)cc1F. The zero-order valence-electron chi connectivity index (χ0n) is 20.1. The van der Waals surface area contributed by atoms with E-state index in [-0.39, 0.29) is 24.2 Å². The van der Waals surface area contributed by atoms with Gasteiger partial charge in [0.05, 0.1) is 17.7 Å². The molecule has 204 valence electrons. The normalized spacial score (nSPS) is 10.4. The van der Waals surface area contributed by atoms with E-state index in [4.69, 9.17) is 11.8 Å². The molecule has 0 radical (unpaired) electrons. The van der Waals surface area contributed by atoms with E-state index in [0.29, 0.717) is 24.3 Å². The smallest absolute Gasteiger partial charge is 0.256 e. The van der Waals surface area contributed by atoms with Crippen molar-refractivity contribution < 1.29 is 35.1 Å². The molecule has 0 bridgehead atoms. The van der Waals surface area contributed by atoms with E-state index in [1.807, 2.05) is 0 Å². The maximum absolute atomic E-state index is 14.7. The Balaban J connectivity index is 0.00000141. The van der Waals surface area contributed by atoms with Crippen LogP contribution in [-0.4, -0.2) is 6.67 Å². The monoisotopic (exact) mass is 560 g/mol. The first-order valence-electron chi connectivity index (χ1n) is 11.1. The lowest BCUT2D eigenvalue weighted by Crippen LogP contribution is -2.08. The summed E-state index contributed by atoms with van der Waals surface area (Å²) >= 11 is 0. The third kappa shape index (κ3) is 6.10. The quantitative estimate of drug-likeness (QED) is 0.160. The molecular formula is C28H16F8N4. The Bertz CT molecular complexity index is 1470. The Labute approximate surface area is 222 Å². The molecule has 0 saturated carbocycles. The van der Waals surface area contributed by atoms with Gasteiger partial charge in [0.2, 0.25) is 0 Å². The van der Waals surface area contributed by atoms with Gasteiger partial charge in [0.1, 0.15) is 58.2 Å². The third-order valence-corrected chi connectivity index (χ3v) is 5.47. The Hall–Kier alpha value is -4.78. The number of nitrogens with two attached hydrogens (primary N) is 2. The van der Waals surface area contributed by atoms with Gasteiger partial charge in [0, 0.05) is 6.67 Å². The lowest BCUT2D eigenvalue weighted by atomic mass is 9.96. The molecule has 0 fully saturated rings. The van der Waals surface area contributed by atoms with Crippen molar-refractivity contribution in [2.75, 3.05) is 6.67 Å². The first-order valence-corrected chi connectivity index (χ1v) is 11.1. The van der Waals surface area contributed by atoms with Crippen molar-refractivity contribution in [1.82, 2.24) is 0 Å². The number of benzene rings is 4. The molecular weight excluding hydrogens is 544 g/mol. The van der Waals surface area contributed by atoms with E-state index >= 15 is 0 Å². The minimum Gasteiger partial charge on any atom is -0.319 e. The molecule has 0 amide bonds. The van der Waals surface area contributed by atoms with Crippen LogP contribution in [0.2, 0.25) is 0 Å². The number of nitrogens with zero attached hydrogens (tertiary/aromatic N) is 2. The molecule has 0 aromatic heterocycles. The molecule has 0 saturated heterocycles. The topological polar surface area (TPSA) is 80.2 Å². The average molecular weight is 560 g/mol. The van der Waals surface area contributed by atoms with Gasteiger partial charge in [0.15, 0.2) is 0 Å². The van der Waals surface area contributed by atoms with Gasteiger partial charge >= 0.3 is 0 Å². The summed E-state index contributed by atoms with van der Waals surface area (Å²) in [5.74, 6) is -10.1. The lowest BCUT2D eigenvalue weighted by Gasteiger charge is -2.12. The molecule has 40 heavy (non-hydrogen) atoms. The van der Waals surface area contributed by atoms with Crippen LogP contribution in [0, 0.1) is 64.4 Å².